The zero-order chi connectivity index (χ0) is 34.5. The lowest BCUT2D eigenvalue weighted by molar-refractivity contribution is 0.432. The molecule has 0 bridgehead atoms. The van der Waals surface area contributed by atoms with Crippen molar-refractivity contribution < 1.29 is 0 Å². The zero-order valence-corrected chi connectivity index (χ0v) is 30.2. The fourth-order valence-corrected chi connectivity index (χ4v) is 8.48. The lowest BCUT2D eigenvalue weighted by atomic mass is 9.82. The van der Waals surface area contributed by atoms with Crippen LogP contribution in [0.4, 0.5) is 17.1 Å². The normalized spacial score (nSPS) is 16.7. The minimum Gasteiger partial charge on any atom is -0.369 e. The van der Waals surface area contributed by atoms with Crippen LogP contribution < -0.4 is 9.80 Å². The fraction of sp³-hybridized carbons (Fsp3) is 0.250. The Bertz CT molecular complexity index is 2240. The van der Waals surface area contributed by atoms with Gasteiger partial charge in [-0.05, 0) is 108 Å². The van der Waals surface area contributed by atoms with Crippen LogP contribution >= 0.6 is 0 Å². The molecule has 2 aliphatic heterocycles. The smallest absolute Gasteiger partial charge is 0.0490 e. The number of aryl methyl sites for hydroxylation is 2. The van der Waals surface area contributed by atoms with Gasteiger partial charge in [-0.15, -0.1) is 0 Å². The van der Waals surface area contributed by atoms with Crippen molar-refractivity contribution in [2.24, 2.45) is 0 Å². The summed E-state index contributed by atoms with van der Waals surface area (Å²) in [6.07, 6.45) is 9.37. The van der Waals surface area contributed by atoms with Crippen molar-refractivity contribution in [3.63, 3.8) is 0 Å². The van der Waals surface area contributed by atoms with Gasteiger partial charge in [0.25, 0.3) is 0 Å². The van der Waals surface area contributed by atoms with Crippen LogP contribution in [0.2, 0.25) is 0 Å². The maximum atomic E-state index is 2.51. The van der Waals surface area contributed by atoms with Crippen LogP contribution in [-0.2, 0) is 18.3 Å². The molecule has 0 aromatic heterocycles. The number of hydrogen-bond donors (Lipinski definition) is 0. The molecule has 2 heteroatoms. The number of benzene rings is 6. The summed E-state index contributed by atoms with van der Waals surface area (Å²) in [5, 5.41) is 2.61. The van der Waals surface area contributed by atoms with E-state index in [-0.39, 0.29) is 5.41 Å². The number of nitrogens with zero attached hydrogens (tertiary/aromatic N) is 2. The van der Waals surface area contributed by atoms with Crippen LogP contribution in [0, 0.1) is 0 Å². The SMILES string of the molecule is CC1(C)c2ccccc2-c2ccc(/C=C/c3cccc4c(N5CCCc6ccccc65)cccc34)cc21.CN1c2ccccc2CCC1(C)C. The molecule has 50 heavy (non-hydrogen) atoms. The molecule has 250 valence electrons. The maximum Gasteiger partial charge on any atom is 0.0490 e. The van der Waals surface area contributed by atoms with Crippen LogP contribution in [-0.4, -0.2) is 19.1 Å². The van der Waals surface area contributed by atoms with Crippen molar-refractivity contribution in [3.05, 3.63) is 161 Å². The van der Waals surface area contributed by atoms with E-state index in [4.69, 9.17) is 0 Å². The van der Waals surface area contributed by atoms with Crippen molar-refractivity contribution >= 4 is 40.0 Å². The number of fused-ring (bicyclic) bond motifs is 6. The summed E-state index contributed by atoms with van der Waals surface area (Å²) < 4.78 is 0. The molecule has 0 amide bonds. The van der Waals surface area contributed by atoms with Crippen molar-refractivity contribution in [2.75, 3.05) is 23.4 Å². The van der Waals surface area contributed by atoms with E-state index in [0.29, 0.717) is 5.54 Å². The van der Waals surface area contributed by atoms with Gasteiger partial charge >= 0.3 is 0 Å². The third kappa shape index (κ3) is 5.61. The predicted molar refractivity (Wildman–Crippen MR) is 216 cm³/mol. The second-order valence-electron chi connectivity index (χ2n) is 15.4. The Morgan fingerprint density at radius 3 is 2.06 bits per heavy atom. The lowest BCUT2D eigenvalue weighted by Gasteiger charge is -2.42. The molecule has 0 spiro atoms. The monoisotopic (exact) mass is 652 g/mol. The molecule has 2 heterocycles. The number of para-hydroxylation sites is 2. The number of hydrogen-bond acceptors (Lipinski definition) is 2. The highest BCUT2D eigenvalue weighted by molar-refractivity contribution is 6.01. The van der Waals surface area contributed by atoms with Gasteiger partial charge in [0.2, 0.25) is 0 Å². The van der Waals surface area contributed by atoms with Gasteiger partial charge in [0.05, 0.1) is 0 Å². The first-order valence-electron chi connectivity index (χ1n) is 18.3. The van der Waals surface area contributed by atoms with E-state index >= 15 is 0 Å². The molecular weight excluding hydrogens is 605 g/mol. The van der Waals surface area contributed by atoms with Crippen molar-refractivity contribution in [3.8, 4) is 11.1 Å². The van der Waals surface area contributed by atoms with Gasteiger partial charge in [-0.25, -0.2) is 0 Å². The summed E-state index contributed by atoms with van der Waals surface area (Å²) in [7, 11) is 2.19. The average molecular weight is 653 g/mol. The van der Waals surface area contributed by atoms with Crippen LogP contribution in [0.5, 0.6) is 0 Å². The van der Waals surface area contributed by atoms with Crippen LogP contribution in [0.15, 0.2) is 127 Å². The van der Waals surface area contributed by atoms with E-state index in [1.807, 2.05) is 0 Å². The number of rotatable bonds is 3. The Hall–Kier alpha value is -5.08. The quantitative estimate of drug-likeness (QED) is 0.176. The highest BCUT2D eigenvalue weighted by Gasteiger charge is 2.35. The van der Waals surface area contributed by atoms with Gasteiger partial charge in [0.15, 0.2) is 0 Å². The van der Waals surface area contributed by atoms with Gasteiger partial charge in [-0.1, -0.05) is 135 Å². The van der Waals surface area contributed by atoms with E-state index in [1.54, 1.807) is 0 Å². The maximum absolute atomic E-state index is 2.51. The molecule has 0 atom stereocenters. The molecule has 1 aliphatic carbocycles. The van der Waals surface area contributed by atoms with Gasteiger partial charge in [-0.3, -0.25) is 0 Å². The molecule has 0 radical (unpaired) electrons. The minimum absolute atomic E-state index is 0.0227. The first-order chi connectivity index (χ1) is 24.2. The lowest BCUT2D eigenvalue weighted by Crippen LogP contribution is -2.44. The topological polar surface area (TPSA) is 6.48 Å². The van der Waals surface area contributed by atoms with Gasteiger partial charge in [0.1, 0.15) is 0 Å². The Morgan fingerprint density at radius 2 is 1.22 bits per heavy atom. The Balaban J connectivity index is 0.000000233. The molecule has 6 aromatic carbocycles. The predicted octanol–water partition coefficient (Wildman–Crippen LogP) is 12.2. The van der Waals surface area contributed by atoms with Crippen LogP contribution in [0.25, 0.3) is 34.1 Å². The molecule has 2 nitrogen and oxygen atoms in total. The van der Waals surface area contributed by atoms with Gasteiger partial charge in [0, 0.05) is 47.0 Å². The van der Waals surface area contributed by atoms with E-state index in [9.17, 15) is 0 Å². The summed E-state index contributed by atoms with van der Waals surface area (Å²) in [5.74, 6) is 0. The third-order valence-corrected chi connectivity index (χ3v) is 11.7. The van der Waals surface area contributed by atoms with E-state index in [2.05, 4.69) is 184 Å². The Morgan fingerprint density at radius 1 is 0.560 bits per heavy atom. The van der Waals surface area contributed by atoms with Crippen LogP contribution in [0.3, 0.4) is 0 Å². The molecular formula is C48H48N2. The van der Waals surface area contributed by atoms with Gasteiger partial charge in [-0.2, -0.15) is 0 Å². The summed E-state index contributed by atoms with van der Waals surface area (Å²) in [5.41, 5.74) is 15.4. The van der Waals surface area contributed by atoms with Crippen molar-refractivity contribution in [1.82, 2.24) is 0 Å². The van der Waals surface area contributed by atoms with E-state index in [1.165, 1.54) is 91.6 Å². The molecule has 6 aromatic rings. The van der Waals surface area contributed by atoms with Crippen molar-refractivity contribution in [2.45, 2.75) is 64.3 Å². The second kappa shape index (κ2) is 12.7. The largest absolute Gasteiger partial charge is 0.369 e. The molecule has 0 saturated heterocycles. The molecule has 0 unspecified atom stereocenters. The minimum atomic E-state index is 0.0227. The molecule has 0 saturated carbocycles. The zero-order valence-electron chi connectivity index (χ0n) is 30.2. The Kier molecular flexibility index (Phi) is 8.14. The fourth-order valence-electron chi connectivity index (χ4n) is 8.48. The first-order valence-corrected chi connectivity index (χ1v) is 18.3. The summed E-state index contributed by atoms with van der Waals surface area (Å²) in [6, 6.07) is 46.8. The Labute approximate surface area is 298 Å². The van der Waals surface area contributed by atoms with Crippen molar-refractivity contribution in [1.29, 1.82) is 0 Å². The van der Waals surface area contributed by atoms with E-state index in [0.717, 1.165) is 13.0 Å². The molecule has 3 aliphatic rings. The van der Waals surface area contributed by atoms with E-state index < -0.39 is 0 Å². The highest BCUT2D eigenvalue weighted by atomic mass is 15.2. The summed E-state index contributed by atoms with van der Waals surface area (Å²) in [6.45, 7) is 10.4. The average Bonchev–Trinajstić information content (AvgIpc) is 3.38. The third-order valence-electron chi connectivity index (χ3n) is 11.7. The number of anilines is 3. The second-order valence-corrected chi connectivity index (χ2v) is 15.4. The highest BCUT2D eigenvalue weighted by Crippen LogP contribution is 2.49. The summed E-state index contributed by atoms with van der Waals surface area (Å²) >= 11 is 0. The van der Waals surface area contributed by atoms with Gasteiger partial charge < -0.3 is 9.80 Å². The summed E-state index contributed by atoms with van der Waals surface area (Å²) in [4.78, 5) is 4.90. The van der Waals surface area contributed by atoms with Crippen LogP contribution in [0.1, 0.15) is 73.9 Å². The molecule has 0 N–H and O–H groups in total. The molecule has 0 fully saturated rings. The molecule has 9 rings (SSSR count). The first kappa shape index (κ1) is 32.1. The standard InChI is InChI=1S/C36H31N.C12H17N/c1-36(2)32-16-5-4-13-29(32)30-22-20-25(24-33(30)36)19-21-26-11-7-15-31-28(26)14-8-18-35(31)37-23-9-12-27-10-3-6-17-34(27)37;1-12(2)9-8-10-6-4-5-7-11(10)13(12)3/h3-8,10-11,13-22,24H,9,12,23H2,1-2H3;4-7H,8-9H2,1-3H3/b21-19+;.